The molecule has 7 heteroatoms. The average Bonchev–Trinajstić information content (AvgIpc) is 2.34. The van der Waals surface area contributed by atoms with Crippen LogP contribution in [0.15, 0.2) is 24.3 Å². The lowest BCUT2D eigenvalue weighted by molar-refractivity contribution is -0.274. The van der Waals surface area contributed by atoms with Crippen molar-refractivity contribution in [2.75, 3.05) is 11.9 Å². The summed E-state index contributed by atoms with van der Waals surface area (Å²) >= 11 is 0. The third-order valence-electron chi connectivity index (χ3n) is 3.77. The summed E-state index contributed by atoms with van der Waals surface area (Å²) in [5, 5.41) is 2.47. The number of benzene rings is 1. The largest absolute Gasteiger partial charge is 0.573 e. The molecule has 21 heavy (non-hydrogen) atoms. The minimum absolute atomic E-state index is 0.00585. The summed E-state index contributed by atoms with van der Waals surface area (Å²) in [5.41, 5.74) is 5.47. The van der Waals surface area contributed by atoms with Crippen LogP contribution in [0.25, 0.3) is 0 Å². The van der Waals surface area contributed by atoms with Gasteiger partial charge in [-0.25, -0.2) is 0 Å². The molecule has 2 rings (SSSR count). The van der Waals surface area contributed by atoms with Gasteiger partial charge in [-0.15, -0.1) is 13.2 Å². The number of para-hydroxylation sites is 2. The zero-order chi connectivity index (χ0) is 15.5. The smallest absolute Gasteiger partial charge is 0.404 e. The van der Waals surface area contributed by atoms with Gasteiger partial charge in [0.25, 0.3) is 0 Å². The molecule has 4 nitrogen and oxygen atoms in total. The number of halogens is 3. The van der Waals surface area contributed by atoms with Crippen LogP contribution in [0.3, 0.4) is 0 Å². The zero-order valence-corrected chi connectivity index (χ0v) is 11.4. The van der Waals surface area contributed by atoms with Crippen molar-refractivity contribution in [3.63, 3.8) is 0 Å². The van der Waals surface area contributed by atoms with Gasteiger partial charge < -0.3 is 15.8 Å². The second kappa shape index (κ2) is 5.93. The second-order valence-electron chi connectivity index (χ2n) is 5.33. The topological polar surface area (TPSA) is 64.4 Å². The van der Waals surface area contributed by atoms with Crippen LogP contribution in [0, 0.1) is 5.41 Å². The molecule has 1 aliphatic carbocycles. The predicted molar refractivity (Wildman–Crippen MR) is 71.7 cm³/mol. The maximum absolute atomic E-state index is 12.3. The quantitative estimate of drug-likeness (QED) is 0.878. The molecule has 1 fully saturated rings. The number of anilines is 1. The molecule has 1 saturated carbocycles. The van der Waals surface area contributed by atoms with Gasteiger partial charge in [0.15, 0.2) is 5.75 Å². The van der Waals surface area contributed by atoms with Crippen molar-refractivity contribution in [1.82, 2.24) is 0 Å². The van der Waals surface area contributed by atoms with Crippen molar-refractivity contribution < 1.29 is 22.7 Å². The van der Waals surface area contributed by atoms with Crippen molar-refractivity contribution in [3.05, 3.63) is 24.3 Å². The summed E-state index contributed by atoms with van der Waals surface area (Å²) in [6.07, 6.45) is -1.81. The molecule has 0 radical (unpaired) electrons. The predicted octanol–water partition coefficient (Wildman–Crippen LogP) is 3.04. The summed E-state index contributed by atoms with van der Waals surface area (Å²) in [7, 11) is 0. The van der Waals surface area contributed by atoms with Crippen molar-refractivity contribution in [1.29, 1.82) is 0 Å². The maximum atomic E-state index is 12.3. The average molecular weight is 302 g/mol. The standard InChI is InChI=1S/C14H17F3N2O2/c15-14(16,17)21-11-5-2-1-4-10(11)19-12(20)8-13(9-18)6-3-7-13/h1-2,4-5H,3,6-9,18H2,(H,19,20). The molecular formula is C14H17F3N2O2. The number of carbonyl (C=O) groups excluding carboxylic acids is 1. The van der Waals surface area contributed by atoms with E-state index in [0.717, 1.165) is 25.3 Å². The number of hydrogen-bond acceptors (Lipinski definition) is 3. The molecule has 0 atom stereocenters. The number of carbonyl (C=O) groups is 1. The number of hydrogen-bond donors (Lipinski definition) is 2. The molecule has 116 valence electrons. The van der Waals surface area contributed by atoms with Gasteiger partial charge >= 0.3 is 6.36 Å². The number of rotatable bonds is 5. The first-order chi connectivity index (χ1) is 9.84. The van der Waals surface area contributed by atoms with E-state index in [-0.39, 0.29) is 23.4 Å². The van der Waals surface area contributed by atoms with E-state index in [1.807, 2.05) is 0 Å². The van der Waals surface area contributed by atoms with Gasteiger partial charge in [0.2, 0.25) is 5.91 Å². The van der Waals surface area contributed by atoms with E-state index in [1.165, 1.54) is 18.2 Å². The highest BCUT2D eigenvalue weighted by atomic mass is 19.4. The van der Waals surface area contributed by atoms with Crippen LogP contribution in [0.1, 0.15) is 25.7 Å². The molecule has 0 spiro atoms. The summed E-state index contributed by atoms with van der Waals surface area (Å²) in [5.74, 6) is -0.771. The first-order valence-electron chi connectivity index (χ1n) is 6.68. The maximum Gasteiger partial charge on any atom is 0.573 e. The molecule has 3 N–H and O–H groups in total. The third-order valence-corrected chi connectivity index (χ3v) is 3.77. The Hall–Kier alpha value is -1.76. The van der Waals surface area contributed by atoms with Crippen LogP contribution in [-0.4, -0.2) is 18.8 Å². The molecular weight excluding hydrogens is 285 g/mol. The Kier molecular flexibility index (Phi) is 4.41. The van der Waals surface area contributed by atoms with Gasteiger partial charge in [0.05, 0.1) is 5.69 Å². The number of nitrogens with one attached hydrogen (secondary N) is 1. The van der Waals surface area contributed by atoms with Crippen molar-refractivity contribution in [3.8, 4) is 5.75 Å². The minimum Gasteiger partial charge on any atom is -0.404 e. The van der Waals surface area contributed by atoms with Gasteiger partial charge in [0, 0.05) is 6.42 Å². The molecule has 1 aromatic rings. The molecule has 0 unspecified atom stereocenters. The molecule has 1 aliphatic rings. The van der Waals surface area contributed by atoms with Crippen LogP contribution in [0.5, 0.6) is 5.75 Å². The molecule has 0 saturated heterocycles. The van der Waals surface area contributed by atoms with E-state index in [4.69, 9.17) is 5.73 Å². The van der Waals surface area contributed by atoms with E-state index in [1.54, 1.807) is 0 Å². The highest BCUT2D eigenvalue weighted by Crippen LogP contribution is 2.43. The summed E-state index contributed by atoms with van der Waals surface area (Å²) < 4.78 is 40.8. The van der Waals surface area contributed by atoms with Crippen LogP contribution < -0.4 is 15.8 Å². The van der Waals surface area contributed by atoms with Gasteiger partial charge in [0.1, 0.15) is 0 Å². The summed E-state index contributed by atoms with van der Waals surface area (Å²) in [6.45, 7) is 0.404. The molecule has 1 aromatic carbocycles. The fourth-order valence-electron chi connectivity index (χ4n) is 2.45. The van der Waals surface area contributed by atoms with Crippen molar-refractivity contribution >= 4 is 11.6 Å². The van der Waals surface area contributed by atoms with Gasteiger partial charge in [-0.05, 0) is 36.9 Å². The Bertz CT molecular complexity index is 508. The Balaban J connectivity index is 2.04. The Morgan fingerprint density at radius 2 is 2.00 bits per heavy atom. The number of amides is 1. The van der Waals surface area contributed by atoms with E-state index in [2.05, 4.69) is 10.1 Å². The Morgan fingerprint density at radius 1 is 1.33 bits per heavy atom. The first-order valence-corrected chi connectivity index (χ1v) is 6.68. The van der Waals surface area contributed by atoms with Crippen LogP contribution in [0.2, 0.25) is 0 Å². The number of alkyl halides is 3. The monoisotopic (exact) mass is 302 g/mol. The molecule has 0 aliphatic heterocycles. The highest BCUT2D eigenvalue weighted by molar-refractivity contribution is 5.92. The second-order valence-corrected chi connectivity index (χ2v) is 5.33. The van der Waals surface area contributed by atoms with E-state index < -0.39 is 12.1 Å². The number of nitrogens with two attached hydrogens (primary N) is 1. The lowest BCUT2D eigenvalue weighted by Crippen LogP contribution is -2.40. The van der Waals surface area contributed by atoms with E-state index in [0.29, 0.717) is 6.54 Å². The Labute approximate surface area is 120 Å². The lowest BCUT2D eigenvalue weighted by Gasteiger charge is -2.40. The molecule has 0 heterocycles. The van der Waals surface area contributed by atoms with Crippen LogP contribution in [0.4, 0.5) is 18.9 Å². The first kappa shape index (κ1) is 15.6. The SMILES string of the molecule is NCC1(CC(=O)Nc2ccccc2OC(F)(F)F)CCC1. The third kappa shape index (κ3) is 4.10. The normalized spacial score (nSPS) is 17.0. The summed E-state index contributed by atoms with van der Waals surface area (Å²) in [6, 6.07) is 5.46. The lowest BCUT2D eigenvalue weighted by atomic mass is 9.66. The number of ether oxygens (including phenoxy) is 1. The van der Waals surface area contributed by atoms with E-state index >= 15 is 0 Å². The fourth-order valence-corrected chi connectivity index (χ4v) is 2.45. The minimum atomic E-state index is -4.80. The zero-order valence-electron chi connectivity index (χ0n) is 11.4. The molecule has 0 bridgehead atoms. The molecule has 0 aromatic heterocycles. The fraction of sp³-hybridized carbons (Fsp3) is 0.500. The van der Waals surface area contributed by atoms with Crippen molar-refractivity contribution in [2.24, 2.45) is 11.1 Å². The van der Waals surface area contributed by atoms with Crippen molar-refractivity contribution in [2.45, 2.75) is 32.0 Å². The van der Waals surface area contributed by atoms with Gasteiger partial charge in [-0.1, -0.05) is 18.6 Å². The highest BCUT2D eigenvalue weighted by Gasteiger charge is 2.38. The summed E-state index contributed by atoms with van der Waals surface area (Å²) in [4.78, 5) is 12.0. The van der Waals surface area contributed by atoms with Crippen LogP contribution >= 0.6 is 0 Å². The van der Waals surface area contributed by atoms with Crippen LogP contribution in [-0.2, 0) is 4.79 Å². The van der Waals surface area contributed by atoms with E-state index in [9.17, 15) is 18.0 Å². The molecule has 1 amide bonds. The Morgan fingerprint density at radius 3 is 2.52 bits per heavy atom. The van der Waals surface area contributed by atoms with Gasteiger partial charge in [-0.2, -0.15) is 0 Å². The van der Waals surface area contributed by atoms with Gasteiger partial charge in [-0.3, -0.25) is 4.79 Å².